The molecule has 1 N–H and O–H groups in total. The van der Waals surface area contributed by atoms with Crippen molar-refractivity contribution in [3.8, 4) is 11.1 Å². The Morgan fingerprint density at radius 3 is 2.63 bits per heavy atom. The first-order valence-electron chi connectivity index (χ1n) is 10.2. The van der Waals surface area contributed by atoms with Crippen LogP contribution in [0.15, 0.2) is 69.9 Å². The molecule has 2 aromatic heterocycles. The molecule has 4 rings (SSSR count). The molecule has 0 spiro atoms. The van der Waals surface area contributed by atoms with Gasteiger partial charge in [-0.15, -0.1) is 0 Å². The predicted octanol–water partition coefficient (Wildman–Crippen LogP) is 4.36. The third-order valence-electron chi connectivity index (χ3n) is 5.16. The Hall–Kier alpha value is -4.37. The summed E-state index contributed by atoms with van der Waals surface area (Å²) >= 11 is 6.17. The number of anilines is 1. The van der Waals surface area contributed by atoms with E-state index in [9.17, 15) is 23.6 Å². The number of ether oxygens (including phenoxy) is 1. The van der Waals surface area contributed by atoms with Gasteiger partial charge < -0.3 is 19.3 Å². The molecule has 0 radical (unpaired) electrons. The maximum atomic E-state index is 13.5. The lowest BCUT2D eigenvalue weighted by Crippen LogP contribution is -2.23. The molecule has 0 saturated heterocycles. The maximum absolute atomic E-state index is 13.5. The van der Waals surface area contributed by atoms with Crippen molar-refractivity contribution in [2.24, 2.45) is 0 Å². The number of benzene rings is 2. The number of aromatic nitrogens is 1. The van der Waals surface area contributed by atoms with Crippen LogP contribution in [-0.2, 0) is 14.3 Å². The number of rotatable bonds is 6. The van der Waals surface area contributed by atoms with Gasteiger partial charge in [0.1, 0.15) is 29.4 Å². The number of hydrogen-bond donors (Lipinski definition) is 1. The zero-order chi connectivity index (χ0) is 25.1. The van der Waals surface area contributed by atoms with E-state index in [0.29, 0.717) is 22.8 Å². The summed E-state index contributed by atoms with van der Waals surface area (Å²) in [7, 11) is 1.20. The van der Waals surface area contributed by atoms with E-state index in [-0.39, 0.29) is 27.7 Å². The monoisotopic (exact) mass is 494 g/mol. The fraction of sp³-hybridized carbons (Fsp3) is 0.0800. The van der Waals surface area contributed by atoms with E-state index in [1.807, 2.05) is 0 Å². The van der Waals surface area contributed by atoms with Crippen LogP contribution in [0.4, 0.5) is 10.2 Å². The maximum Gasteiger partial charge on any atom is 0.356 e. The first kappa shape index (κ1) is 23.8. The number of methoxy groups -OCH3 is 1. The second kappa shape index (κ2) is 9.86. The molecule has 0 saturated carbocycles. The molecule has 176 valence electrons. The summed E-state index contributed by atoms with van der Waals surface area (Å²) in [6.07, 6.45) is 0.430. The number of halogens is 2. The average Bonchev–Trinajstić information content (AvgIpc) is 2.83. The van der Waals surface area contributed by atoms with Gasteiger partial charge in [-0.25, -0.2) is 19.0 Å². The van der Waals surface area contributed by atoms with Gasteiger partial charge in [-0.3, -0.25) is 4.79 Å². The van der Waals surface area contributed by atoms with Crippen LogP contribution in [0.25, 0.3) is 22.1 Å². The van der Waals surface area contributed by atoms with E-state index in [2.05, 4.69) is 15.0 Å². The quantitative estimate of drug-likeness (QED) is 0.183. The summed E-state index contributed by atoms with van der Waals surface area (Å²) in [6, 6.07) is 13.9. The number of amides is 1. The number of fused-ring (bicyclic) bond motifs is 1. The number of carbonyl (C=O) groups excluding carboxylic acids is 3. The largest absolute Gasteiger partial charge is 0.464 e. The van der Waals surface area contributed by atoms with Crippen LogP contribution in [0.2, 0.25) is 5.02 Å². The molecule has 0 unspecified atom stereocenters. The summed E-state index contributed by atoms with van der Waals surface area (Å²) in [5.74, 6) is -3.15. The minimum absolute atomic E-state index is 0.0209. The van der Waals surface area contributed by atoms with Crippen LogP contribution in [0.3, 0.4) is 0 Å². The minimum Gasteiger partial charge on any atom is -0.464 e. The van der Waals surface area contributed by atoms with Crippen LogP contribution in [0.1, 0.15) is 22.0 Å². The summed E-state index contributed by atoms with van der Waals surface area (Å²) in [5, 5.41) is 3.06. The highest BCUT2D eigenvalue weighted by Gasteiger charge is 2.23. The van der Waals surface area contributed by atoms with Gasteiger partial charge in [0, 0.05) is 22.6 Å². The molecule has 0 bridgehead atoms. The third-order valence-corrected chi connectivity index (χ3v) is 5.48. The van der Waals surface area contributed by atoms with Crippen LogP contribution in [0, 0.1) is 5.82 Å². The number of esters is 1. The number of nitrogens with one attached hydrogen (secondary N) is 1. The summed E-state index contributed by atoms with van der Waals surface area (Å²) in [5.41, 5.74) is 0.465. The molecule has 2 aromatic carbocycles. The molecule has 1 amide bonds. The number of aldehydes is 1. The lowest BCUT2D eigenvalue weighted by atomic mass is 9.95. The third kappa shape index (κ3) is 4.95. The second-order valence-electron chi connectivity index (χ2n) is 7.36. The van der Waals surface area contributed by atoms with Crippen molar-refractivity contribution in [2.75, 3.05) is 12.4 Å². The Morgan fingerprint density at radius 1 is 1.11 bits per heavy atom. The van der Waals surface area contributed by atoms with Gasteiger partial charge in [-0.1, -0.05) is 29.8 Å². The molecule has 4 aromatic rings. The standard InChI is InChI=1S/C25H16ClFN2O6/c1-34-25(33)20-3-2-4-22(28-20)29-24(32)18(12-30)13-5-7-16-17(11-23(31)35-21(16)9-13)15-8-6-14(27)10-19(15)26/h2-12,18H,1H3,(H,28,29,32)/t18-/m0/s1. The second-order valence-corrected chi connectivity index (χ2v) is 7.77. The fourth-order valence-electron chi connectivity index (χ4n) is 3.52. The first-order valence-corrected chi connectivity index (χ1v) is 10.5. The number of carbonyl (C=O) groups is 3. The molecule has 0 aliphatic rings. The molecule has 35 heavy (non-hydrogen) atoms. The topological polar surface area (TPSA) is 116 Å². The molecular weight excluding hydrogens is 479 g/mol. The first-order chi connectivity index (χ1) is 16.8. The predicted molar refractivity (Wildman–Crippen MR) is 126 cm³/mol. The van der Waals surface area contributed by atoms with Crippen molar-refractivity contribution in [3.05, 3.63) is 93.2 Å². The van der Waals surface area contributed by atoms with Crippen molar-refractivity contribution < 1.29 is 27.9 Å². The Labute approximate surface area is 202 Å². The Bertz CT molecular complexity index is 1530. The molecule has 0 fully saturated rings. The van der Waals surface area contributed by atoms with Crippen LogP contribution >= 0.6 is 11.6 Å². The van der Waals surface area contributed by atoms with Gasteiger partial charge in [-0.2, -0.15) is 0 Å². The molecule has 8 nitrogen and oxygen atoms in total. The highest BCUT2D eigenvalue weighted by Crippen LogP contribution is 2.34. The zero-order valence-electron chi connectivity index (χ0n) is 18.1. The average molecular weight is 495 g/mol. The van der Waals surface area contributed by atoms with Crippen LogP contribution in [0.5, 0.6) is 0 Å². The summed E-state index contributed by atoms with van der Waals surface area (Å²) in [4.78, 5) is 52.5. The van der Waals surface area contributed by atoms with E-state index < -0.39 is 29.2 Å². The van der Waals surface area contributed by atoms with Crippen molar-refractivity contribution in [1.82, 2.24) is 4.98 Å². The smallest absolute Gasteiger partial charge is 0.356 e. The van der Waals surface area contributed by atoms with Gasteiger partial charge in [0.05, 0.1) is 12.1 Å². The van der Waals surface area contributed by atoms with E-state index in [1.54, 1.807) is 6.07 Å². The Balaban J connectivity index is 1.70. The van der Waals surface area contributed by atoms with E-state index in [0.717, 1.165) is 6.07 Å². The highest BCUT2D eigenvalue weighted by molar-refractivity contribution is 6.33. The van der Waals surface area contributed by atoms with Crippen LogP contribution < -0.4 is 10.9 Å². The number of pyridine rings is 1. The molecule has 2 heterocycles. The molecule has 0 aliphatic heterocycles. The molecule has 0 aliphatic carbocycles. The van der Waals surface area contributed by atoms with Gasteiger partial charge in [0.15, 0.2) is 5.69 Å². The molecular formula is C25H16ClFN2O6. The molecule has 1 atom stereocenters. The Kier molecular flexibility index (Phi) is 6.70. The summed E-state index contributed by atoms with van der Waals surface area (Å²) < 4.78 is 23.4. The zero-order valence-corrected chi connectivity index (χ0v) is 18.8. The highest BCUT2D eigenvalue weighted by atomic mass is 35.5. The minimum atomic E-state index is -1.27. The van der Waals surface area contributed by atoms with Gasteiger partial charge in [-0.05, 0) is 42.0 Å². The van der Waals surface area contributed by atoms with Crippen molar-refractivity contribution >= 4 is 46.6 Å². The van der Waals surface area contributed by atoms with E-state index >= 15 is 0 Å². The van der Waals surface area contributed by atoms with Crippen molar-refractivity contribution in [2.45, 2.75) is 5.92 Å². The number of nitrogens with zero attached hydrogens (tertiary/aromatic N) is 1. The Morgan fingerprint density at radius 2 is 1.91 bits per heavy atom. The fourth-order valence-corrected chi connectivity index (χ4v) is 3.79. The van der Waals surface area contributed by atoms with Gasteiger partial charge in [0.2, 0.25) is 5.91 Å². The lowest BCUT2D eigenvalue weighted by molar-refractivity contribution is -0.122. The lowest BCUT2D eigenvalue weighted by Gasteiger charge is -2.13. The number of hydrogen-bond acceptors (Lipinski definition) is 7. The van der Waals surface area contributed by atoms with Crippen molar-refractivity contribution in [1.29, 1.82) is 0 Å². The SMILES string of the molecule is COC(=O)c1cccc(NC(=O)[C@@H](C=O)c2ccc3c(-c4ccc(F)cc4Cl)cc(=O)oc3c2)n1. The molecule has 10 heteroatoms. The summed E-state index contributed by atoms with van der Waals surface area (Å²) in [6.45, 7) is 0. The van der Waals surface area contributed by atoms with Crippen molar-refractivity contribution in [3.63, 3.8) is 0 Å². The van der Waals surface area contributed by atoms with Gasteiger partial charge >= 0.3 is 11.6 Å². The van der Waals surface area contributed by atoms with E-state index in [1.165, 1.54) is 55.6 Å². The normalized spacial score (nSPS) is 11.6. The van der Waals surface area contributed by atoms with Crippen LogP contribution in [-0.4, -0.2) is 30.3 Å². The van der Waals surface area contributed by atoms with Gasteiger partial charge in [0.25, 0.3) is 0 Å². The van der Waals surface area contributed by atoms with E-state index in [4.69, 9.17) is 16.0 Å².